The number of carbonyl (C=O) groups excluding carboxylic acids is 1. The molecule has 0 bridgehead atoms. The Hall–Kier alpha value is -1.98. The molecule has 116 valence electrons. The number of amides is 1. The second-order valence-electron chi connectivity index (χ2n) is 5.70. The molecular formula is C18H16N2OS2. The molecule has 23 heavy (non-hydrogen) atoms. The van der Waals surface area contributed by atoms with Crippen molar-refractivity contribution in [1.82, 2.24) is 9.88 Å². The SMILES string of the molecule is O=C(c1csc(-c2ccsc2)n1)N(Cc1ccccc1)C1CC1. The van der Waals surface area contributed by atoms with Gasteiger partial charge in [0.1, 0.15) is 10.7 Å². The summed E-state index contributed by atoms with van der Waals surface area (Å²) in [4.78, 5) is 19.4. The molecule has 0 spiro atoms. The predicted octanol–water partition coefficient (Wildman–Crippen LogP) is 4.68. The molecule has 1 aliphatic carbocycles. The fourth-order valence-electron chi connectivity index (χ4n) is 2.57. The van der Waals surface area contributed by atoms with Crippen molar-refractivity contribution < 1.29 is 4.79 Å². The van der Waals surface area contributed by atoms with Gasteiger partial charge in [-0.1, -0.05) is 30.3 Å². The molecule has 0 radical (unpaired) electrons. The molecule has 1 aliphatic rings. The number of nitrogens with zero attached hydrogens (tertiary/aromatic N) is 2. The minimum Gasteiger partial charge on any atom is -0.330 e. The number of aromatic nitrogens is 1. The lowest BCUT2D eigenvalue weighted by Gasteiger charge is -2.21. The van der Waals surface area contributed by atoms with Crippen LogP contribution in [0.15, 0.2) is 52.5 Å². The van der Waals surface area contributed by atoms with E-state index in [0.717, 1.165) is 23.4 Å². The fourth-order valence-corrected chi connectivity index (χ4v) is 4.08. The molecule has 1 amide bonds. The second kappa shape index (κ2) is 6.26. The minimum atomic E-state index is 0.0501. The number of benzene rings is 1. The van der Waals surface area contributed by atoms with Gasteiger partial charge in [0, 0.05) is 28.9 Å². The largest absolute Gasteiger partial charge is 0.330 e. The van der Waals surface area contributed by atoms with Crippen LogP contribution in [0.25, 0.3) is 10.6 Å². The van der Waals surface area contributed by atoms with Crippen LogP contribution in [0.4, 0.5) is 0 Å². The highest BCUT2D eigenvalue weighted by Gasteiger charge is 2.34. The summed E-state index contributed by atoms with van der Waals surface area (Å²) in [6.45, 7) is 0.662. The van der Waals surface area contributed by atoms with Gasteiger partial charge in [0.25, 0.3) is 5.91 Å². The van der Waals surface area contributed by atoms with Gasteiger partial charge in [0.2, 0.25) is 0 Å². The van der Waals surface area contributed by atoms with E-state index in [1.165, 1.54) is 16.9 Å². The van der Waals surface area contributed by atoms with Crippen LogP contribution in [-0.4, -0.2) is 21.8 Å². The number of rotatable bonds is 5. The van der Waals surface area contributed by atoms with Crippen molar-refractivity contribution in [2.24, 2.45) is 0 Å². The van der Waals surface area contributed by atoms with Gasteiger partial charge < -0.3 is 4.90 Å². The molecule has 2 heterocycles. The van der Waals surface area contributed by atoms with Crippen LogP contribution in [0.1, 0.15) is 28.9 Å². The molecule has 0 unspecified atom stereocenters. The minimum absolute atomic E-state index is 0.0501. The van der Waals surface area contributed by atoms with Crippen LogP contribution in [0.3, 0.4) is 0 Å². The fraction of sp³-hybridized carbons (Fsp3) is 0.222. The third-order valence-electron chi connectivity index (χ3n) is 3.94. The molecule has 1 aromatic carbocycles. The molecule has 1 saturated carbocycles. The summed E-state index contributed by atoms with van der Waals surface area (Å²) < 4.78 is 0. The van der Waals surface area contributed by atoms with Crippen LogP contribution >= 0.6 is 22.7 Å². The van der Waals surface area contributed by atoms with Gasteiger partial charge in [-0.15, -0.1) is 11.3 Å². The third kappa shape index (κ3) is 3.21. The highest BCUT2D eigenvalue weighted by atomic mass is 32.1. The van der Waals surface area contributed by atoms with Gasteiger partial charge in [0.15, 0.2) is 0 Å². The first-order valence-electron chi connectivity index (χ1n) is 7.64. The van der Waals surface area contributed by atoms with E-state index < -0.39 is 0 Å². The number of hydrogen-bond acceptors (Lipinski definition) is 4. The van der Waals surface area contributed by atoms with E-state index >= 15 is 0 Å². The van der Waals surface area contributed by atoms with Crippen molar-refractivity contribution in [2.75, 3.05) is 0 Å². The van der Waals surface area contributed by atoms with Crippen LogP contribution in [0, 0.1) is 0 Å². The lowest BCUT2D eigenvalue weighted by molar-refractivity contribution is 0.0725. The van der Waals surface area contributed by atoms with Crippen molar-refractivity contribution in [3.8, 4) is 10.6 Å². The van der Waals surface area contributed by atoms with E-state index in [0.29, 0.717) is 18.3 Å². The molecule has 0 saturated heterocycles. The average Bonchev–Trinajstić information content (AvgIpc) is 3.08. The number of carbonyl (C=O) groups is 1. The van der Waals surface area contributed by atoms with Crippen LogP contribution in [-0.2, 0) is 6.54 Å². The normalized spacial score (nSPS) is 13.9. The number of thiazole rings is 1. The lowest BCUT2D eigenvalue weighted by atomic mass is 10.2. The summed E-state index contributed by atoms with van der Waals surface area (Å²) in [5.74, 6) is 0.0501. The number of thiophene rings is 1. The maximum absolute atomic E-state index is 12.9. The summed E-state index contributed by atoms with van der Waals surface area (Å²) in [5, 5.41) is 6.90. The van der Waals surface area contributed by atoms with E-state index in [1.54, 1.807) is 11.3 Å². The van der Waals surface area contributed by atoms with Gasteiger partial charge in [-0.25, -0.2) is 4.98 Å². The molecule has 0 atom stereocenters. The van der Waals surface area contributed by atoms with E-state index in [9.17, 15) is 4.79 Å². The zero-order valence-corrected chi connectivity index (χ0v) is 14.1. The summed E-state index contributed by atoms with van der Waals surface area (Å²) in [6.07, 6.45) is 2.19. The Morgan fingerprint density at radius 2 is 2.00 bits per heavy atom. The Labute approximate surface area is 143 Å². The Kier molecular flexibility index (Phi) is 3.97. The van der Waals surface area contributed by atoms with Crippen molar-refractivity contribution >= 4 is 28.6 Å². The Bertz CT molecular complexity index is 792. The Morgan fingerprint density at radius 3 is 2.70 bits per heavy atom. The van der Waals surface area contributed by atoms with E-state index in [4.69, 9.17) is 0 Å². The third-order valence-corrected chi connectivity index (χ3v) is 5.51. The zero-order chi connectivity index (χ0) is 15.6. The van der Waals surface area contributed by atoms with Gasteiger partial charge in [0.05, 0.1) is 0 Å². The van der Waals surface area contributed by atoms with Gasteiger partial charge in [-0.05, 0) is 29.9 Å². The van der Waals surface area contributed by atoms with Crippen molar-refractivity contribution in [2.45, 2.75) is 25.4 Å². The van der Waals surface area contributed by atoms with E-state index in [2.05, 4.69) is 22.5 Å². The van der Waals surface area contributed by atoms with Crippen molar-refractivity contribution in [3.05, 3.63) is 63.8 Å². The Morgan fingerprint density at radius 1 is 1.17 bits per heavy atom. The molecule has 3 nitrogen and oxygen atoms in total. The summed E-state index contributed by atoms with van der Waals surface area (Å²) >= 11 is 3.19. The van der Waals surface area contributed by atoms with Crippen molar-refractivity contribution in [1.29, 1.82) is 0 Å². The first-order chi connectivity index (χ1) is 11.3. The maximum atomic E-state index is 12.9. The van der Waals surface area contributed by atoms with Gasteiger partial charge in [-0.2, -0.15) is 11.3 Å². The summed E-state index contributed by atoms with van der Waals surface area (Å²) in [5.41, 5.74) is 2.83. The summed E-state index contributed by atoms with van der Waals surface area (Å²) in [6, 6.07) is 12.6. The van der Waals surface area contributed by atoms with Gasteiger partial charge in [-0.3, -0.25) is 4.79 Å². The first kappa shape index (κ1) is 14.6. The second-order valence-corrected chi connectivity index (χ2v) is 7.34. The maximum Gasteiger partial charge on any atom is 0.273 e. The average molecular weight is 340 g/mol. The van der Waals surface area contributed by atoms with Gasteiger partial charge >= 0.3 is 0 Å². The first-order valence-corrected chi connectivity index (χ1v) is 9.46. The van der Waals surface area contributed by atoms with E-state index in [-0.39, 0.29) is 5.91 Å². The molecule has 4 rings (SSSR count). The molecule has 2 aromatic heterocycles. The van der Waals surface area contributed by atoms with Crippen LogP contribution < -0.4 is 0 Å². The number of hydrogen-bond donors (Lipinski definition) is 0. The standard InChI is InChI=1S/C18H16N2OS2/c21-18(16-12-23-17(19-16)14-8-9-22-11-14)20(15-6-7-15)10-13-4-2-1-3-5-13/h1-5,8-9,11-12,15H,6-7,10H2. The van der Waals surface area contributed by atoms with E-state index in [1.807, 2.05) is 39.9 Å². The monoisotopic (exact) mass is 340 g/mol. The quantitative estimate of drug-likeness (QED) is 0.676. The summed E-state index contributed by atoms with van der Waals surface area (Å²) in [7, 11) is 0. The smallest absolute Gasteiger partial charge is 0.273 e. The Balaban J connectivity index is 1.56. The highest BCUT2D eigenvalue weighted by Crippen LogP contribution is 2.31. The predicted molar refractivity (Wildman–Crippen MR) is 94.8 cm³/mol. The highest BCUT2D eigenvalue weighted by molar-refractivity contribution is 7.14. The molecular weight excluding hydrogens is 324 g/mol. The molecule has 5 heteroatoms. The van der Waals surface area contributed by atoms with Crippen LogP contribution in [0.5, 0.6) is 0 Å². The zero-order valence-electron chi connectivity index (χ0n) is 12.5. The van der Waals surface area contributed by atoms with Crippen molar-refractivity contribution in [3.63, 3.8) is 0 Å². The topological polar surface area (TPSA) is 33.2 Å². The molecule has 0 N–H and O–H groups in total. The molecule has 0 aliphatic heterocycles. The molecule has 3 aromatic rings. The van der Waals surface area contributed by atoms with Crippen LogP contribution in [0.2, 0.25) is 0 Å². The lowest BCUT2D eigenvalue weighted by Crippen LogP contribution is -2.32. The molecule has 1 fully saturated rings.